The molecule has 3 amide bonds. The third-order valence-electron chi connectivity index (χ3n) is 10.0. The van der Waals surface area contributed by atoms with Gasteiger partial charge in [0.2, 0.25) is 11.8 Å². The Morgan fingerprint density at radius 3 is 2.31 bits per heavy atom. The van der Waals surface area contributed by atoms with E-state index in [0.717, 1.165) is 23.2 Å². The first-order valence-corrected chi connectivity index (χ1v) is 15.4. The SMILES string of the molecule is C=CCN(CCC)C(=O)[C@@H]1[C@H]2C(=O)N([C@@H](CO)C(C)C)C(C(=O)N(CC=C)c3c(C)cccc3C)C23CC(C)[C@@]1(C)O3. The predicted molar refractivity (Wildman–Crippen MR) is 165 cm³/mol. The summed E-state index contributed by atoms with van der Waals surface area (Å²) in [7, 11) is 0. The summed E-state index contributed by atoms with van der Waals surface area (Å²) in [6, 6.07) is 4.27. The van der Waals surface area contributed by atoms with Gasteiger partial charge in [0.1, 0.15) is 11.6 Å². The van der Waals surface area contributed by atoms with Crippen molar-refractivity contribution in [3.8, 4) is 0 Å². The molecule has 3 unspecified atom stereocenters. The molecule has 0 radical (unpaired) electrons. The first-order valence-electron chi connectivity index (χ1n) is 15.4. The van der Waals surface area contributed by atoms with Crippen LogP contribution in [0, 0.1) is 37.5 Å². The van der Waals surface area contributed by atoms with Gasteiger partial charge in [-0.1, -0.05) is 58.0 Å². The fraction of sp³-hybridized carbons (Fsp3) is 0.618. The van der Waals surface area contributed by atoms with E-state index in [1.165, 1.54) is 0 Å². The van der Waals surface area contributed by atoms with Crippen molar-refractivity contribution >= 4 is 23.4 Å². The van der Waals surface area contributed by atoms with Crippen LogP contribution in [0.15, 0.2) is 43.5 Å². The highest BCUT2D eigenvalue weighted by Gasteiger charge is 2.80. The lowest BCUT2D eigenvalue weighted by Crippen LogP contribution is -2.60. The van der Waals surface area contributed by atoms with Crippen molar-refractivity contribution in [2.75, 3.05) is 31.1 Å². The predicted octanol–water partition coefficient (Wildman–Crippen LogP) is 4.27. The fourth-order valence-corrected chi connectivity index (χ4v) is 8.02. The van der Waals surface area contributed by atoms with E-state index in [2.05, 4.69) is 20.1 Å². The Morgan fingerprint density at radius 2 is 1.79 bits per heavy atom. The van der Waals surface area contributed by atoms with Crippen LogP contribution in [0.5, 0.6) is 0 Å². The monoisotopic (exact) mass is 579 g/mol. The Kier molecular flexibility index (Phi) is 9.10. The smallest absolute Gasteiger partial charge is 0.253 e. The van der Waals surface area contributed by atoms with Crippen LogP contribution >= 0.6 is 0 Å². The molecule has 230 valence electrons. The topological polar surface area (TPSA) is 90.4 Å². The molecule has 0 aliphatic carbocycles. The number of amides is 3. The lowest BCUT2D eigenvalue weighted by Gasteiger charge is -2.41. The summed E-state index contributed by atoms with van der Waals surface area (Å²) in [6.45, 7) is 22.4. The van der Waals surface area contributed by atoms with E-state index in [1.54, 1.807) is 26.9 Å². The number of ether oxygens (including phenoxy) is 1. The van der Waals surface area contributed by atoms with Crippen molar-refractivity contribution in [2.24, 2.45) is 23.7 Å². The van der Waals surface area contributed by atoms with E-state index in [1.807, 2.05) is 59.7 Å². The van der Waals surface area contributed by atoms with Crippen LogP contribution in [0.2, 0.25) is 0 Å². The third-order valence-corrected chi connectivity index (χ3v) is 10.0. The highest BCUT2D eigenvalue weighted by atomic mass is 16.5. The summed E-state index contributed by atoms with van der Waals surface area (Å²) in [5, 5.41) is 10.6. The van der Waals surface area contributed by atoms with Crippen molar-refractivity contribution in [1.82, 2.24) is 9.80 Å². The standard InChI is InChI=1S/C34H49N3O5/c1-10-16-35(17-11-2)30(39)26-27-31(40)37(25(20-38)21(4)5)29(34(27)19-24(8)33(26,9)42-34)32(41)36(18-12-3)28-22(6)14-13-15-23(28)7/h10,12-15,21,24-27,29,38H,1,3,11,16-20H2,2,4-9H3/t24?,25-,26-,27-,29?,33+,34?/m0/s1. The molecule has 4 rings (SSSR count). The molecule has 7 atom stereocenters. The second-order valence-electron chi connectivity index (χ2n) is 13.0. The van der Waals surface area contributed by atoms with Gasteiger partial charge in [0, 0.05) is 25.3 Å². The van der Waals surface area contributed by atoms with E-state index in [0.29, 0.717) is 19.5 Å². The maximum Gasteiger partial charge on any atom is 0.253 e. The van der Waals surface area contributed by atoms with Gasteiger partial charge in [-0.15, -0.1) is 13.2 Å². The molecule has 3 saturated heterocycles. The average Bonchev–Trinajstić information content (AvgIpc) is 3.44. The Balaban J connectivity index is 1.93. The van der Waals surface area contributed by atoms with Gasteiger partial charge in [-0.25, -0.2) is 0 Å². The van der Waals surface area contributed by atoms with Crippen LogP contribution in [0.25, 0.3) is 0 Å². The van der Waals surface area contributed by atoms with E-state index in [4.69, 9.17) is 4.74 Å². The molecule has 1 spiro atoms. The number of hydrogen-bond acceptors (Lipinski definition) is 5. The zero-order chi connectivity index (χ0) is 31.1. The van der Waals surface area contributed by atoms with E-state index in [-0.39, 0.29) is 42.7 Å². The second kappa shape index (κ2) is 12.0. The van der Waals surface area contributed by atoms with Crippen LogP contribution in [-0.2, 0) is 19.1 Å². The van der Waals surface area contributed by atoms with Crippen LogP contribution in [-0.4, -0.2) is 82.2 Å². The van der Waals surface area contributed by atoms with Gasteiger partial charge in [-0.3, -0.25) is 14.4 Å². The molecule has 3 aliphatic heterocycles. The first-order chi connectivity index (χ1) is 19.9. The summed E-state index contributed by atoms with van der Waals surface area (Å²) in [5.74, 6) is -2.48. The molecule has 3 aliphatic rings. The molecule has 0 saturated carbocycles. The number of likely N-dealkylation sites (tertiary alicyclic amines) is 1. The number of aliphatic hydroxyl groups excluding tert-OH is 1. The Morgan fingerprint density at radius 1 is 1.17 bits per heavy atom. The van der Waals surface area contributed by atoms with Gasteiger partial charge >= 0.3 is 0 Å². The molecule has 3 heterocycles. The fourth-order valence-electron chi connectivity index (χ4n) is 8.02. The Bertz CT molecular complexity index is 1230. The number of rotatable bonds is 12. The molecule has 8 nitrogen and oxygen atoms in total. The summed E-state index contributed by atoms with van der Waals surface area (Å²) in [6.07, 6.45) is 4.63. The number of carbonyl (C=O) groups is 3. The molecule has 1 aromatic carbocycles. The number of fused-ring (bicyclic) bond motifs is 1. The Hall–Kier alpha value is -2.97. The van der Waals surface area contributed by atoms with Crippen LogP contribution in [0.4, 0.5) is 5.69 Å². The van der Waals surface area contributed by atoms with Gasteiger partial charge in [0.25, 0.3) is 5.91 Å². The quantitative estimate of drug-likeness (QED) is 0.374. The van der Waals surface area contributed by atoms with E-state index >= 15 is 4.79 Å². The highest BCUT2D eigenvalue weighted by molar-refractivity contribution is 6.06. The number of aliphatic hydroxyl groups is 1. The second-order valence-corrected chi connectivity index (χ2v) is 13.0. The molecule has 1 aromatic rings. The highest BCUT2D eigenvalue weighted by Crippen LogP contribution is 2.66. The number of hydrogen-bond donors (Lipinski definition) is 1. The maximum atomic E-state index is 15.0. The molecule has 8 heteroatoms. The Labute approximate surface area is 251 Å². The normalized spacial score (nSPS) is 30.4. The minimum atomic E-state index is -1.20. The molecule has 2 bridgehead atoms. The molecular weight excluding hydrogens is 530 g/mol. The summed E-state index contributed by atoms with van der Waals surface area (Å²) < 4.78 is 6.97. The third kappa shape index (κ3) is 4.71. The number of carbonyl (C=O) groups excluding carboxylic acids is 3. The van der Waals surface area contributed by atoms with E-state index < -0.39 is 35.1 Å². The minimum Gasteiger partial charge on any atom is -0.394 e. The molecule has 1 N–H and O–H groups in total. The van der Waals surface area contributed by atoms with Gasteiger partial charge in [0.05, 0.1) is 30.1 Å². The van der Waals surface area contributed by atoms with Crippen LogP contribution in [0.3, 0.4) is 0 Å². The van der Waals surface area contributed by atoms with E-state index in [9.17, 15) is 14.7 Å². The number of nitrogens with zero attached hydrogens (tertiary/aromatic N) is 3. The van der Waals surface area contributed by atoms with Crippen molar-refractivity contribution in [1.29, 1.82) is 0 Å². The van der Waals surface area contributed by atoms with Gasteiger partial charge < -0.3 is 24.5 Å². The van der Waals surface area contributed by atoms with Crippen LogP contribution in [0.1, 0.15) is 58.6 Å². The average molecular weight is 580 g/mol. The molecule has 42 heavy (non-hydrogen) atoms. The first kappa shape index (κ1) is 32.0. The molecular formula is C34H49N3O5. The van der Waals surface area contributed by atoms with Gasteiger partial charge in [-0.2, -0.15) is 0 Å². The van der Waals surface area contributed by atoms with Crippen molar-refractivity contribution in [3.05, 3.63) is 54.6 Å². The molecule has 3 fully saturated rings. The lowest BCUT2D eigenvalue weighted by atomic mass is 9.62. The number of aryl methyl sites for hydroxylation is 2. The maximum absolute atomic E-state index is 15.0. The van der Waals surface area contributed by atoms with Crippen molar-refractivity contribution < 1.29 is 24.2 Å². The molecule has 0 aromatic heterocycles. The summed E-state index contributed by atoms with van der Waals surface area (Å²) in [4.78, 5) is 49.1. The largest absolute Gasteiger partial charge is 0.394 e. The zero-order valence-electron chi connectivity index (χ0n) is 26.4. The number of para-hydroxylation sites is 1. The van der Waals surface area contributed by atoms with Gasteiger partial charge in [-0.05, 0) is 56.6 Å². The zero-order valence-corrected chi connectivity index (χ0v) is 26.4. The number of anilines is 1. The van der Waals surface area contributed by atoms with Crippen molar-refractivity contribution in [2.45, 2.75) is 84.6 Å². The summed E-state index contributed by atoms with van der Waals surface area (Å²) >= 11 is 0. The lowest BCUT2D eigenvalue weighted by molar-refractivity contribution is -0.154. The number of benzene rings is 1. The summed E-state index contributed by atoms with van der Waals surface area (Å²) in [5.41, 5.74) is 0.528. The van der Waals surface area contributed by atoms with Crippen molar-refractivity contribution in [3.63, 3.8) is 0 Å². The van der Waals surface area contributed by atoms with Gasteiger partial charge in [0.15, 0.2) is 0 Å². The minimum absolute atomic E-state index is 0.0716. The van der Waals surface area contributed by atoms with Crippen LogP contribution < -0.4 is 4.90 Å².